The maximum atomic E-state index is 10.6. The average molecular weight is 217 g/mol. The number of amides is 1. The van der Waals surface area contributed by atoms with Gasteiger partial charge in [-0.3, -0.25) is 9.59 Å². The second kappa shape index (κ2) is 11.0. The van der Waals surface area contributed by atoms with Gasteiger partial charge >= 0.3 is 0 Å². The fourth-order valence-corrected chi connectivity index (χ4v) is 1.35. The summed E-state index contributed by atoms with van der Waals surface area (Å²) in [5.41, 5.74) is 0. The third-order valence-electron chi connectivity index (χ3n) is 2.02. The lowest BCUT2D eigenvalue weighted by molar-refractivity contribution is -0.123. The largest absolute Gasteiger partial charge is 0.483 e. The van der Waals surface area contributed by atoms with Crippen LogP contribution < -0.4 is 5.32 Å². The van der Waals surface area contributed by atoms with E-state index in [2.05, 4.69) is 26.1 Å². The summed E-state index contributed by atoms with van der Waals surface area (Å²) in [6, 6.07) is 0. The van der Waals surface area contributed by atoms with E-state index in [1.165, 1.54) is 6.42 Å². The molecule has 2 N–H and O–H groups in total. The number of hydrogen-bond acceptors (Lipinski definition) is 2. The molecule has 0 aliphatic carbocycles. The van der Waals surface area contributed by atoms with Crippen LogP contribution in [0.3, 0.4) is 0 Å². The van der Waals surface area contributed by atoms with Gasteiger partial charge < -0.3 is 10.4 Å². The van der Waals surface area contributed by atoms with Crippen molar-refractivity contribution in [2.45, 2.75) is 40.5 Å². The van der Waals surface area contributed by atoms with Gasteiger partial charge in [-0.25, -0.2) is 0 Å². The van der Waals surface area contributed by atoms with E-state index in [-0.39, 0.29) is 12.4 Å². The van der Waals surface area contributed by atoms with Crippen molar-refractivity contribution in [3.63, 3.8) is 0 Å². The summed E-state index contributed by atoms with van der Waals surface area (Å²) in [4.78, 5) is 19.0. The highest BCUT2D eigenvalue weighted by Gasteiger charge is 2.08. The third kappa shape index (κ3) is 15.7. The first-order valence-corrected chi connectivity index (χ1v) is 5.30. The highest BCUT2D eigenvalue weighted by Crippen LogP contribution is 2.13. The number of carbonyl (C=O) groups is 2. The van der Waals surface area contributed by atoms with Crippen LogP contribution in [0.4, 0.5) is 0 Å². The Balaban J connectivity index is 0. The molecule has 0 rings (SSSR count). The van der Waals surface area contributed by atoms with E-state index in [4.69, 9.17) is 9.90 Å². The molecular formula is C11H23NO3. The van der Waals surface area contributed by atoms with Crippen LogP contribution in [-0.4, -0.2) is 24.0 Å². The smallest absolute Gasteiger partial charge is 0.290 e. The average Bonchev–Trinajstić information content (AvgIpc) is 2.12. The Hall–Kier alpha value is -1.06. The lowest BCUT2D eigenvalue weighted by Gasteiger charge is -2.16. The maximum Gasteiger partial charge on any atom is 0.290 e. The van der Waals surface area contributed by atoms with Crippen molar-refractivity contribution in [2.24, 2.45) is 11.8 Å². The second-order valence-corrected chi connectivity index (χ2v) is 3.95. The molecule has 4 heteroatoms. The molecule has 0 saturated heterocycles. The van der Waals surface area contributed by atoms with Crippen LogP contribution in [0.15, 0.2) is 0 Å². The van der Waals surface area contributed by atoms with Gasteiger partial charge in [-0.1, -0.05) is 27.2 Å². The van der Waals surface area contributed by atoms with Gasteiger partial charge in [0.25, 0.3) is 6.47 Å². The zero-order valence-electron chi connectivity index (χ0n) is 10.1. The van der Waals surface area contributed by atoms with Gasteiger partial charge in [0.05, 0.1) is 0 Å². The first-order chi connectivity index (χ1) is 6.97. The summed E-state index contributed by atoms with van der Waals surface area (Å²) in [6.07, 6.45) is 2.36. The quantitative estimate of drug-likeness (QED) is 0.691. The molecule has 15 heavy (non-hydrogen) atoms. The SMILES string of the molecule is CCC(CNC(C)=O)CC(C)C.O=CO. The third-order valence-corrected chi connectivity index (χ3v) is 2.02. The topological polar surface area (TPSA) is 66.4 Å². The van der Waals surface area contributed by atoms with Gasteiger partial charge in [0.15, 0.2) is 0 Å². The van der Waals surface area contributed by atoms with E-state index < -0.39 is 0 Å². The molecule has 0 aliphatic heterocycles. The Labute approximate surface area is 92.1 Å². The lowest BCUT2D eigenvalue weighted by Crippen LogP contribution is -2.27. The van der Waals surface area contributed by atoms with Gasteiger partial charge in [-0.2, -0.15) is 0 Å². The molecule has 0 aromatic rings. The maximum absolute atomic E-state index is 10.6. The molecule has 0 saturated carbocycles. The fourth-order valence-electron chi connectivity index (χ4n) is 1.35. The van der Waals surface area contributed by atoms with Crippen molar-refractivity contribution in [2.75, 3.05) is 6.54 Å². The molecular weight excluding hydrogens is 194 g/mol. The predicted molar refractivity (Wildman–Crippen MR) is 60.6 cm³/mol. The minimum Gasteiger partial charge on any atom is -0.483 e. The summed E-state index contributed by atoms with van der Waals surface area (Å²) in [5, 5.41) is 9.75. The summed E-state index contributed by atoms with van der Waals surface area (Å²) >= 11 is 0. The van der Waals surface area contributed by atoms with Crippen LogP contribution in [-0.2, 0) is 9.59 Å². The van der Waals surface area contributed by atoms with Gasteiger partial charge in [0.1, 0.15) is 0 Å². The van der Waals surface area contributed by atoms with E-state index in [1.54, 1.807) is 6.92 Å². The molecule has 0 heterocycles. The van der Waals surface area contributed by atoms with E-state index in [9.17, 15) is 4.79 Å². The van der Waals surface area contributed by atoms with E-state index >= 15 is 0 Å². The summed E-state index contributed by atoms with van der Waals surface area (Å²) in [6.45, 7) is 8.77. The highest BCUT2D eigenvalue weighted by atomic mass is 16.3. The van der Waals surface area contributed by atoms with Crippen molar-refractivity contribution < 1.29 is 14.7 Å². The molecule has 1 amide bonds. The number of carbonyl (C=O) groups excluding carboxylic acids is 1. The summed E-state index contributed by atoms with van der Waals surface area (Å²) < 4.78 is 0. The first kappa shape index (κ1) is 16.4. The van der Waals surface area contributed by atoms with Gasteiger partial charge in [-0.15, -0.1) is 0 Å². The number of rotatable bonds is 5. The number of carboxylic acid groups (broad SMARTS) is 1. The van der Waals surface area contributed by atoms with Gasteiger partial charge in [0, 0.05) is 13.5 Å². The zero-order valence-corrected chi connectivity index (χ0v) is 10.1. The molecule has 1 atom stereocenters. The van der Waals surface area contributed by atoms with Crippen molar-refractivity contribution in [1.82, 2.24) is 5.32 Å². The molecule has 1 unspecified atom stereocenters. The number of hydrogen-bond donors (Lipinski definition) is 2. The Morgan fingerprint density at radius 2 is 1.93 bits per heavy atom. The van der Waals surface area contributed by atoms with Crippen LogP contribution in [0.5, 0.6) is 0 Å². The molecule has 0 fully saturated rings. The monoisotopic (exact) mass is 217 g/mol. The Bertz CT molecular complexity index is 169. The molecule has 0 aromatic carbocycles. The molecule has 0 radical (unpaired) electrons. The van der Waals surface area contributed by atoms with E-state index in [0.29, 0.717) is 5.92 Å². The minimum absolute atomic E-state index is 0.0807. The molecule has 90 valence electrons. The van der Waals surface area contributed by atoms with Crippen LogP contribution in [0.25, 0.3) is 0 Å². The molecule has 4 nitrogen and oxygen atoms in total. The summed E-state index contributed by atoms with van der Waals surface area (Å²) in [7, 11) is 0. The van der Waals surface area contributed by atoms with Crippen LogP contribution >= 0.6 is 0 Å². The molecule has 0 spiro atoms. The molecule has 0 aromatic heterocycles. The predicted octanol–water partition coefficient (Wildman–Crippen LogP) is 1.90. The Morgan fingerprint density at radius 3 is 2.20 bits per heavy atom. The zero-order chi connectivity index (χ0) is 12.3. The summed E-state index contributed by atoms with van der Waals surface area (Å²) in [5.74, 6) is 1.45. The fraction of sp³-hybridized carbons (Fsp3) is 0.818. The van der Waals surface area contributed by atoms with E-state index in [1.807, 2.05) is 0 Å². The second-order valence-electron chi connectivity index (χ2n) is 3.95. The molecule has 0 aliphatic rings. The number of nitrogens with one attached hydrogen (secondary N) is 1. The van der Waals surface area contributed by atoms with Crippen molar-refractivity contribution in [3.05, 3.63) is 0 Å². The van der Waals surface area contributed by atoms with Crippen molar-refractivity contribution in [1.29, 1.82) is 0 Å². The Kier molecular flexibility index (Phi) is 12.0. The standard InChI is InChI=1S/C10H21NO.CH2O2/c1-5-10(6-8(2)3)7-11-9(4)12;2-1-3/h8,10H,5-7H2,1-4H3,(H,11,12);1H,(H,2,3). The van der Waals surface area contributed by atoms with Crippen LogP contribution in [0.1, 0.15) is 40.5 Å². The lowest BCUT2D eigenvalue weighted by atomic mass is 9.95. The minimum atomic E-state index is -0.250. The Morgan fingerprint density at radius 1 is 1.47 bits per heavy atom. The van der Waals surface area contributed by atoms with Gasteiger partial charge in [0.2, 0.25) is 5.91 Å². The van der Waals surface area contributed by atoms with Gasteiger partial charge in [-0.05, 0) is 18.3 Å². The highest BCUT2D eigenvalue weighted by molar-refractivity contribution is 5.72. The first-order valence-electron chi connectivity index (χ1n) is 5.30. The molecule has 0 bridgehead atoms. The van der Waals surface area contributed by atoms with Crippen LogP contribution in [0.2, 0.25) is 0 Å². The van der Waals surface area contributed by atoms with E-state index in [0.717, 1.165) is 18.9 Å². The van der Waals surface area contributed by atoms with Crippen LogP contribution in [0, 0.1) is 11.8 Å². The van der Waals surface area contributed by atoms with Crippen molar-refractivity contribution in [3.8, 4) is 0 Å². The normalized spacial score (nSPS) is 11.3. The van der Waals surface area contributed by atoms with Crippen molar-refractivity contribution >= 4 is 12.4 Å².